The fraction of sp³-hybridized carbons (Fsp3) is 0.259. The molecule has 10 heteroatoms. The Hall–Kier alpha value is -3.43. The smallest absolute Gasteiger partial charge is 0.264 e. The molecule has 7 nitrogen and oxygen atoms in total. The number of sulfonamides is 1. The van der Waals surface area contributed by atoms with E-state index in [4.69, 9.17) is 11.6 Å². The first-order chi connectivity index (χ1) is 17.6. The first kappa shape index (κ1) is 28.1. The molecule has 3 rings (SSSR count). The molecule has 0 aromatic heterocycles. The van der Waals surface area contributed by atoms with E-state index >= 15 is 0 Å². The van der Waals surface area contributed by atoms with Crippen molar-refractivity contribution < 1.29 is 22.4 Å². The molecule has 2 amide bonds. The van der Waals surface area contributed by atoms with E-state index in [0.717, 1.165) is 9.87 Å². The number of carbonyl (C=O) groups is 2. The van der Waals surface area contributed by atoms with Gasteiger partial charge in [-0.1, -0.05) is 54.4 Å². The van der Waals surface area contributed by atoms with Gasteiger partial charge < -0.3 is 10.2 Å². The van der Waals surface area contributed by atoms with Gasteiger partial charge in [0.2, 0.25) is 11.8 Å². The van der Waals surface area contributed by atoms with Crippen LogP contribution in [0.3, 0.4) is 0 Å². The number of amides is 2. The molecule has 0 aliphatic rings. The third kappa shape index (κ3) is 6.87. The Labute approximate surface area is 221 Å². The minimum absolute atomic E-state index is 0.00861. The highest BCUT2D eigenvalue weighted by Crippen LogP contribution is 2.27. The van der Waals surface area contributed by atoms with Gasteiger partial charge in [-0.2, -0.15) is 0 Å². The lowest BCUT2D eigenvalue weighted by atomic mass is 10.1. The number of carbonyl (C=O) groups excluding carboxylic acids is 2. The first-order valence-electron chi connectivity index (χ1n) is 11.7. The van der Waals surface area contributed by atoms with Crippen molar-refractivity contribution in [3.63, 3.8) is 0 Å². The van der Waals surface area contributed by atoms with Crippen molar-refractivity contribution in [1.82, 2.24) is 10.2 Å². The van der Waals surface area contributed by atoms with E-state index in [2.05, 4.69) is 5.32 Å². The van der Waals surface area contributed by atoms with E-state index in [1.165, 1.54) is 54.4 Å². The van der Waals surface area contributed by atoms with Gasteiger partial charge in [-0.15, -0.1) is 0 Å². The van der Waals surface area contributed by atoms with Gasteiger partial charge >= 0.3 is 0 Å². The molecule has 1 N–H and O–H groups in total. The summed E-state index contributed by atoms with van der Waals surface area (Å²) in [6.45, 7) is 3.00. The maximum Gasteiger partial charge on any atom is 0.264 e. The van der Waals surface area contributed by atoms with Crippen molar-refractivity contribution in [3.8, 4) is 0 Å². The van der Waals surface area contributed by atoms with Crippen LogP contribution in [-0.4, -0.2) is 44.8 Å². The van der Waals surface area contributed by atoms with Gasteiger partial charge in [-0.3, -0.25) is 13.9 Å². The fourth-order valence-electron chi connectivity index (χ4n) is 3.87. The lowest BCUT2D eigenvalue weighted by molar-refractivity contribution is -0.140. The Kier molecular flexibility index (Phi) is 9.29. The molecule has 0 saturated heterocycles. The van der Waals surface area contributed by atoms with Gasteiger partial charge in [-0.05, 0) is 61.4 Å². The number of hydrogen-bond acceptors (Lipinski definition) is 4. The lowest BCUT2D eigenvalue weighted by Gasteiger charge is -2.33. The molecule has 0 heterocycles. The summed E-state index contributed by atoms with van der Waals surface area (Å²) in [5.41, 5.74) is 1.68. The molecule has 3 aromatic rings. The van der Waals surface area contributed by atoms with Gasteiger partial charge in [0.1, 0.15) is 18.4 Å². The van der Waals surface area contributed by atoms with Crippen molar-refractivity contribution >= 4 is 39.1 Å². The largest absolute Gasteiger partial charge is 0.357 e. The minimum atomic E-state index is -4.18. The Bertz CT molecular complexity index is 1350. The number of halogens is 2. The number of hydrogen-bond donors (Lipinski definition) is 1. The molecule has 0 spiro atoms. The zero-order chi connectivity index (χ0) is 27.2. The molecular formula is C27H29ClFN3O4S. The molecular weight excluding hydrogens is 517 g/mol. The van der Waals surface area contributed by atoms with Crippen LogP contribution in [-0.2, 0) is 26.2 Å². The SMILES string of the molecule is CC[C@@H](C(=O)NC)N(Cc1ccc(F)cc1)C(=O)CN(c1cccc(Cl)c1)S(=O)(=O)c1ccc(C)cc1. The van der Waals surface area contributed by atoms with Gasteiger partial charge in [0.05, 0.1) is 10.6 Å². The van der Waals surface area contributed by atoms with Gasteiger partial charge in [-0.25, -0.2) is 12.8 Å². The van der Waals surface area contributed by atoms with E-state index in [-0.39, 0.29) is 23.5 Å². The van der Waals surface area contributed by atoms with Gasteiger partial charge in [0.25, 0.3) is 10.0 Å². The summed E-state index contributed by atoms with van der Waals surface area (Å²) in [4.78, 5) is 27.8. The van der Waals surface area contributed by atoms with Crippen LogP contribution in [0.5, 0.6) is 0 Å². The number of nitrogens with zero attached hydrogens (tertiary/aromatic N) is 2. The highest BCUT2D eigenvalue weighted by molar-refractivity contribution is 7.92. The van der Waals surface area contributed by atoms with Crippen molar-refractivity contribution in [3.05, 3.63) is 94.8 Å². The van der Waals surface area contributed by atoms with Crippen LogP contribution in [0.2, 0.25) is 5.02 Å². The molecule has 1 atom stereocenters. The molecule has 0 bridgehead atoms. The monoisotopic (exact) mass is 545 g/mol. The first-order valence-corrected chi connectivity index (χ1v) is 13.5. The molecule has 0 aliphatic heterocycles. The maximum absolute atomic E-state index is 13.8. The number of rotatable bonds is 10. The summed E-state index contributed by atoms with van der Waals surface area (Å²) in [5.74, 6) is -1.43. The third-order valence-corrected chi connectivity index (χ3v) is 7.91. The second-order valence-electron chi connectivity index (χ2n) is 8.49. The maximum atomic E-state index is 13.8. The normalized spacial score (nSPS) is 12.0. The molecule has 0 unspecified atom stereocenters. The predicted molar refractivity (Wildman–Crippen MR) is 142 cm³/mol. The van der Waals surface area contributed by atoms with Gasteiger partial charge in [0, 0.05) is 18.6 Å². The molecule has 3 aromatic carbocycles. The molecule has 0 saturated carbocycles. The number of nitrogens with one attached hydrogen (secondary N) is 1. The molecule has 0 radical (unpaired) electrons. The lowest BCUT2D eigenvalue weighted by Crippen LogP contribution is -2.51. The Morgan fingerprint density at radius 1 is 1.03 bits per heavy atom. The Balaban J connectivity index is 2.05. The fourth-order valence-corrected chi connectivity index (χ4v) is 5.46. The van der Waals surface area contributed by atoms with Crippen LogP contribution in [0.4, 0.5) is 10.1 Å². The predicted octanol–water partition coefficient (Wildman–Crippen LogP) is 4.54. The van der Waals surface area contributed by atoms with Crippen molar-refractivity contribution in [2.24, 2.45) is 0 Å². The Morgan fingerprint density at radius 3 is 2.24 bits per heavy atom. The van der Waals surface area contributed by atoms with Crippen molar-refractivity contribution in [1.29, 1.82) is 0 Å². The number of benzene rings is 3. The quantitative estimate of drug-likeness (QED) is 0.405. The van der Waals surface area contributed by atoms with Crippen LogP contribution in [0.15, 0.2) is 77.7 Å². The average Bonchev–Trinajstić information content (AvgIpc) is 2.88. The molecule has 0 fully saturated rings. The topological polar surface area (TPSA) is 86.8 Å². The summed E-state index contributed by atoms with van der Waals surface area (Å²) in [5, 5.41) is 2.86. The highest BCUT2D eigenvalue weighted by Gasteiger charge is 2.33. The molecule has 0 aliphatic carbocycles. The third-order valence-electron chi connectivity index (χ3n) is 5.88. The van der Waals surface area contributed by atoms with Crippen molar-refractivity contribution in [2.75, 3.05) is 17.9 Å². The standard InChI is InChI=1S/C27H29ClFN3O4S/c1-4-25(27(34)30-3)31(17-20-10-12-22(29)13-11-20)26(33)18-32(23-7-5-6-21(28)16-23)37(35,36)24-14-8-19(2)9-15-24/h5-16,25H,4,17-18H2,1-3H3,(H,30,34)/t25-/m0/s1. The number of likely N-dealkylation sites (N-methyl/N-ethyl adjacent to an activating group) is 1. The zero-order valence-electron chi connectivity index (χ0n) is 20.8. The molecule has 196 valence electrons. The van der Waals surface area contributed by atoms with Crippen LogP contribution in [0.1, 0.15) is 24.5 Å². The summed E-state index contributed by atoms with van der Waals surface area (Å²) < 4.78 is 41.9. The minimum Gasteiger partial charge on any atom is -0.357 e. The Morgan fingerprint density at radius 2 is 1.68 bits per heavy atom. The zero-order valence-corrected chi connectivity index (χ0v) is 22.4. The second-order valence-corrected chi connectivity index (χ2v) is 10.8. The summed E-state index contributed by atoms with van der Waals surface area (Å²) in [6, 6.07) is 17.2. The van der Waals surface area contributed by atoms with Crippen LogP contribution in [0, 0.1) is 12.7 Å². The molecule has 37 heavy (non-hydrogen) atoms. The van der Waals surface area contributed by atoms with Crippen LogP contribution < -0.4 is 9.62 Å². The van der Waals surface area contributed by atoms with Crippen LogP contribution in [0.25, 0.3) is 0 Å². The van der Waals surface area contributed by atoms with Crippen molar-refractivity contribution in [2.45, 2.75) is 37.8 Å². The van der Waals surface area contributed by atoms with E-state index in [1.807, 2.05) is 6.92 Å². The van der Waals surface area contributed by atoms with Crippen LogP contribution >= 0.6 is 11.6 Å². The number of aryl methyl sites for hydroxylation is 1. The van der Waals surface area contributed by atoms with E-state index in [9.17, 15) is 22.4 Å². The van der Waals surface area contributed by atoms with Gasteiger partial charge in [0.15, 0.2) is 0 Å². The summed E-state index contributed by atoms with van der Waals surface area (Å²) in [7, 11) is -2.71. The second kappa shape index (κ2) is 12.2. The van der Waals surface area contributed by atoms with E-state index in [1.54, 1.807) is 37.3 Å². The number of anilines is 1. The summed E-state index contributed by atoms with van der Waals surface area (Å²) in [6.07, 6.45) is 0.286. The average molecular weight is 546 g/mol. The highest BCUT2D eigenvalue weighted by atomic mass is 35.5. The van der Waals surface area contributed by atoms with E-state index in [0.29, 0.717) is 10.6 Å². The van der Waals surface area contributed by atoms with E-state index < -0.39 is 40.2 Å². The summed E-state index contributed by atoms with van der Waals surface area (Å²) >= 11 is 6.16.